The van der Waals surface area contributed by atoms with E-state index < -0.39 is 46.8 Å². The summed E-state index contributed by atoms with van der Waals surface area (Å²) in [4.78, 5) is 23.1. The minimum atomic E-state index is -5.69. The Kier molecular flexibility index (Phi) is 8.67. The number of hydrogen-bond acceptors (Lipinski definition) is 6. The Morgan fingerprint density at radius 1 is 1.08 bits per heavy atom. The van der Waals surface area contributed by atoms with Crippen molar-refractivity contribution in [1.82, 2.24) is 0 Å². The molecule has 1 aromatic rings. The lowest BCUT2D eigenvalue weighted by atomic mass is 10.3. The summed E-state index contributed by atoms with van der Waals surface area (Å²) in [6.45, 7) is -1.84. The zero-order valence-corrected chi connectivity index (χ0v) is 19.3. The van der Waals surface area contributed by atoms with Crippen LogP contribution in [0.1, 0.15) is 12.8 Å². The lowest BCUT2D eigenvalue weighted by molar-refractivity contribution is -0.151. The number of alkyl halides is 2. The molecule has 0 unspecified atom stereocenters. The van der Waals surface area contributed by atoms with Gasteiger partial charge in [0.2, 0.25) is 0 Å². The van der Waals surface area contributed by atoms with Crippen molar-refractivity contribution >= 4 is 89.8 Å². The van der Waals surface area contributed by atoms with Crippen molar-refractivity contribution in [2.24, 2.45) is 0 Å². The largest absolute Gasteiger partial charge is 0.458 e. The van der Waals surface area contributed by atoms with Gasteiger partial charge in [-0.3, -0.25) is 14.1 Å². The highest BCUT2D eigenvalue weighted by atomic mass is 127. The van der Waals surface area contributed by atoms with E-state index in [0.29, 0.717) is 12.9 Å². The van der Waals surface area contributed by atoms with Crippen LogP contribution in [0.4, 0.5) is 8.78 Å². The molecule has 0 aromatic heterocycles. The number of carbonyl (C=O) groups excluding carboxylic acids is 2. The molecule has 0 amide bonds. The van der Waals surface area contributed by atoms with Crippen molar-refractivity contribution < 1.29 is 40.8 Å². The third kappa shape index (κ3) is 7.33. The quantitative estimate of drug-likeness (QED) is 0.200. The van der Waals surface area contributed by atoms with E-state index in [-0.39, 0.29) is 0 Å². The molecule has 0 radical (unpaired) electrons. The molecular weight excluding hydrogens is 707 g/mol. The molecule has 0 fully saturated rings. The van der Waals surface area contributed by atoms with E-state index in [0.717, 1.165) is 3.57 Å². The third-order valence-corrected chi connectivity index (χ3v) is 5.59. The molecule has 0 spiro atoms. The van der Waals surface area contributed by atoms with E-state index in [1.807, 2.05) is 45.2 Å². The van der Waals surface area contributed by atoms with Crippen LogP contribution in [0.25, 0.3) is 0 Å². The maximum atomic E-state index is 12.9. The van der Waals surface area contributed by atoms with Crippen LogP contribution >= 0.6 is 67.8 Å². The minimum absolute atomic E-state index is 0.317. The first kappa shape index (κ1) is 23.2. The second-order valence-electron chi connectivity index (χ2n) is 4.45. The zero-order valence-electron chi connectivity index (χ0n) is 12.0. The summed E-state index contributed by atoms with van der Waals surface area (Å²) in [5.41, 5.74) is 0. The molecule has 13 heteroatoms. The first-order chi connectivity index (χ1) is 11.3. The predicted octanol–water partition coefficient (Wildman–Crippen LogP) is 3.21. The summed E-state index contributed by atoms with van der Waals surface area (Å²) in [5.74, 6) is -1.69. The number of benzene rings is 1. The Balaban J connectivity index is 2.54. The number of esters is 2. The second-order valence-corrected chi connectivity index (χ2v) is 9.56. The lowest BCUT2D eigenvalue weighted by Gasteiger charge is -2.13. The fraction of sp³-hybridized carbons (Fsp3) is 0.333. The van der Waals surface area contributed by atoms with Crippen LogP contribution in [0.3, 0.4) is 0 Å². The first-order valence-electron chi connectivity index (χ1n) is 6.19. The first-order valence-corrected chi connectivity index (χ1v) is 10.9. The van der Waals surface area contributed by atoms with Gasteiger partial charge in [-0.25, -0.2) is 0 Å². The number of ether oxygens (including phenoxy) is 2. The molecule has 0 saturated carbocycles. The van der Waals surface area contributed by atoms with Crippen LogP contribution in [-0.2, 0) is 24.4 Å². The van der Waals surface area contributed by atoms with Gasteiger partial charge in [-0.05, 0) is 79.9 Å². The summed E-state index contributed by atoms with van der Waals surface area (Å²) in [7, 11) is -5.69. The van der Waals surface area contributed by atoms with Crippen LogP contribution < -0.4 is 4.74 Å². The van der Waals surface area contributed by atoms with Gasteiger partial charge in [-0.15, -0.1) is 0 Å². The molecule has 1 aromatic carbocycles. The van der Waals surface area contributed by atoms with E-state index in [1.165, 1.54) is 0 Å². The lowest BCUT2D eigenvalue weighted by Crippen LogP contribution is -2.34. The van der Waals surface area contributed by atoms with Gasteiger partial charge in [0.25, 0.3) is 0 Å². The zero-order chi connectivity index (χ0) is 19.4. The van der Waals surface area contributed by atoms with Gasteiger partial charge < -0.3 is 9.47 Å². The maximum Gasteiger partial charge on any atom is 0.402 e. The molecule has 0 aliphatic rings. The van der Waals surface area contributed by atoms with Gasteiger partial charge in [-0.2, -0.15) is 17.2 Å². The standard InChI is InChI=1S/C12H9F2I3O7S/c13-12(14,25(20,21)22)5-23-9(18)1-2-10(19)24-11-7(16)3-6(15)4-8(11)17/h3-4H,1-2,5H2,(H,20,21,22). The van der Waals surface area contributed by atoms with Crippen molar-refractivity contribution in [3.63, 3.8) is 0 Å². The molecule has 7 nitrogen and oxygen atoms in total. The maximum absolute atomic E-state index is 12.9. The molecule has 25 heavy (non-hydrogen) atoms. The van der Waals surface area contributed by atoms with Gasteiger partial charge in [0.05, 0.1) is 20.0 Å². The molecule has 0 saturated heterocycles. The molecule has 0 heterocycles. The van der Waals surface area contributed by atoms with Gasteiger partial charge in [-0.1, -0.05) is 0 Å². The van der Waals surface area contributed by atoms with E-state index in [1.54, 1.807) is 12.1 Å². The van der Waals surface area contributed by atoms with Crippen molar-refractivity contribution in [3.8, 4) is 5.75 Å². The summed E-state index contributed by atoms with van der Waals surface area (Å²) in [5, 5.41) is -4.61. The van der Waals surface area contributed by atoms with Crippen LogP contribution in [0.15, 0.2) is 12.1 Å². The molecule has 0 aliphatic carbocycles. The number of rotatable bonds is 7. The Bertz CT molecular complexity index is 760. The summed E-state index contributed by atoms with van der Waals surface area (Å²) < 4.78 is 66.3. The monoisotopic (exact) mass is 716 g/mol. The summed E-state index contributed by atoms with van der Waals surface area (Å²) in [6.07, 6.45) is -1.04. The van der Waals surface area contributed by atoms with Crippen molar-refractivity contribution in [2.75, 3.05) is 6.61 Å². The van der Waals surface area contributed by atoms with Gasteiger partial charge in [0, 0.05) is 3.57 Å². The molecule has 0 bridgehead atoms. The highest BCUT2D eigenvalue weighted by molar-refractivity contribution is 14.1. The summed E-state index contributed by atoms with van der Waals surface area (Å²) >= 11 is 6.04. The molecule has 1 N–H and O–H groups in total. The van der Waals surface area contributed by atoms with Crippen LogP contribution in [0, 0.1) is 10.7 Å². The fourth-order valence-electron chi connectivity index (χ4n) is 1.31. The number of hydrogen-bond donors (Lipinski definition) is 1. The minimum Gasteiger partial charge on any atom is -0.458 e. The smallest absolute Gasteiger partial charge is 0.402 e. The van der Waals surface area contributed by atoms with Crippen LogP contribution in [0.5, 0.6) is 5.75 Å². The molecule has 0 aliphatic heterocycles. The second kappa shape index (κ2) is 9.36. The van der Waals surface area contributed by atoms with Gasteiger partial charge in [0.1, 0.15) is 0 Å². The SMILES string of the molecule is O=C(CCC(=O)Oc1c(I)cc(I)cc1I)OCC(F)(F)S(=O)(=O)O. The topological polar surface area (TPSA) is 107 Å². The Morgan fingerprint density at radius 2 is 1.56 bits per heavy atom. The highest BCUT2D eigenvalue weighted by Gasteiger charge is 2.45. The molecule has 140 valence electrons. The Labute approximate surface area is 182 Å². The van der Waals surface area contributed by atoms with E-state index in [2.05, 4.69) is 27.3 Å². The Hall–Kier alpha value is 0.120. The van der Waals surface area contributed by atoms with E-state index in [9.17, 15) is 26.8 Å². The number of halogens is 5. The Morgan fingerprint density at radius 3 is 2.04 bits per heavy atom. The van der Waals surface area contributed by atoms with E-state index >= 15 is 0 Å². The molecule has 0 atom stereocenters. The molecular formula is C12H9F2I3O7S. The summed E-state index contributed by atoms with van der Waals surface area (Å²) in [6, 6.07) is 3.55. The van der Waals surface area contributed by atoms with E-state index in [4.69, 9.17) is 9.29 Å². The highest BCUT2D eigenvalue weighted by Crippen LogP contribution is 2.30. The average Bonchev–Trinajstić information content (AvgIpc) is 2.45. The number of carbonyl (C=O) groups is 2. The molecule has 1 rings (SSSR count). The fourth-order valence-corrected chi connectivity index (χ4v) is 5.32. The van der Waals surface area contributed by atoms with Crippen molar-refractivity contribution in [2.45, 2.75) is 18.1 Å². The van der Waals surface area contributed by atoms with Crippen LogP contribution in [-0.4, -0.2) is 36.8 Å². The van der Waals surface area contributed by atoms with Crippen molar-refractivity contribution in [3.05, 3.63) is 22.8 Å². The predicted molar refractivity (Wildman–Crippen MR) is 107 cm³/mol. The van der Waals surface area contributed by atoms with Gasteiger partial charge >= 0.3 is 27.3 Å². The normalized spacial score (nSPS) is 11.9. The van der Waals surface area contributed by atoms with Gasteiger partial charge in [0.15, 0.2) is 12.4 Å². The van der Waals surface area contributed by atoms with Crippen molar-refractivity contribution in [1.29, 1.82) is 0 Å². The average molecular weight is 716 g/mol. The third-order valence-electron chi connectivity index (χ3n) is 2.49. The van der Waals surface area contributed by atoms with Crippen LogP contribution in [0.2, 0.25) is 0 Å².